The second-order valence-corrected chi connectivity index (χ2v) is 10.6. The van der Waals surface area contributed by atoms with Crippen molar-refractivity contribution < 1.29 is 32.5 Å². The fourth-order valence-electron chi connectivity index (χ4n) is 4.50. The largest absolute Gasteiger partial charge is 0.501 e. The summed E-state index contributed by atoms with van der Waals surface area (Å²) in [6, 6.07) is 10.3. The van der Waals surface area contributed by atoms with Crippen LogP contribution >= 0.6 is 35.3 Å². The minimum Gasteiger partial charge on any atom is -0.501 e. The van der Waals surface area contributed by atoms with Crippen LogP contribution in [0.4, 0.5) is 13.2 Å². The van der Waals surface area contributed by atoms with Crippen molar-refractivity contribution in [3.05, 3.63) is 82.1 Å². The molecular formula is C28H24Cl2F3N3O4S. The van der Waals surface area contributed by atoms with E-state index in [-0.39, 0.29) is 30.3 Å². The van der Waals surface area contributed by atoms with Crippen LogP contribution in [0.1, 0.15) is 35.6 Å². The smallest absolute Gasteiger partial charge is 0.429 e. The molecule has 1 aliphatic rings. The molecule has 0 spiro atoms. The zero-order chi connectivity index (χ0) is 28.4. The van der Waals surface area contributed by atoms with Gasteiger partial charge in [-0.15, -0.1) is 23.7 Å². The molecule has 13 heteroatoms. The Hall–Kier alpha value is -3.38. The number of carbonyl (C=O) groups is 1. The third kappa shape index (κ3) is 6.75. The number of ether oxygens (including phenoxy) is 2. The molecule has 3 N–H and O–H groups in total. The molecule has 41 heavy (non-hydrogen) atoms. The van der Waals surface area contributed by atoms with Crippen LogP contribution in [0, 0.1) is 0 Å². The number of carboxylic acid groups (broad SMARTS) is 1. The van der Waals surface area contributed by atoms with Crippen molar-refractivity contribution in [1.82, 2.24) is 9.97 Å². The van der Waals surface area contributed by atoms with Crippen molar-refractivity contribution in [2.24, 2.45) is 5.73 Å². The molecule has 7 nitrogen and oxygen atoms in total. The van der Waals surface area contributed by atoms with Gasteiger partial charge in [0.05, 0.1) is 18.4 Å². The lowest BCUT2D eigenvalue weighted by Crippen LogP contribution is -2.32. The van der Waals surface area contributed by atoms with Gasteiger partial charge in [0.25, 0.3) is 0 Å². The van der Waals surface area contributed by atoms with Crippen molar-refractivity contribution in [2.45, 2.75) is 37.6 Å². The highest BCUT2D eigenvalue weighted by molar-refractivity contribution is 7.18. The third-order valence-corrected chi connectivity index (χ3v) is 7.66. The molecule has 0 amide bonds. The van der Waals surface area contributed by atoms with E-state index in [1.807, 2.05) is 0 Å². The van der Waals surface area contributed by atoms with Gasteiger partial charge in [-0.05, 0) is 53.7 Å². The van der Waals surface area contributed by atoms with Gasteiger partial charge in [-0.25, -0.2) is 9.97 Å². The van der Waals surface area contributed by atoms with Crippen LogP contribution in [0.15, 0.2) is 60.4 Å². The summed E-state index contributed by atoms with van der Waals surface area (Å²) in [5.41, 5.74) is 9.06. The third-order valence-electron chi connectivity index (χ3n) is 6.46. The monoisotopic (exact) mass is 625 g/mol. The van der Waals surface area contributed by atoms with E-state index >= 15 is 0 Å². The van der Waals surface area contributed by atoms with Crippen molar-refractivity contribution in [3.8, 4) is 17.0 Å². The summed E-state index contributed by atoms with van der Waals surface area (Å²) in [6.45, 7) is 0.497. The number of aromatic nitrogens is 2. The quantitative estimate of drug-likeness (QED) is 0.213. The first-order chi connectivity index (χ1) is 19.1. The van der Waals surface area contributed by atoms with Gasteiger partial charge in [0.1, 0.15) is 17.1 Å². The summed E-state index contributed by atoms with van der Waals surface area (Å²) in [5.74, 6) is -1.29. The summed E-state index contributed by atoms with van der Waals surface area (Å²) in [6.07, 6.45) is -3.05. The average molecular weight is 626 g/mol. The van der Waals surface area contributed by atoms with Gasteiger partial charge in [-0.2, -0.15) is 13.2 Å². The topological polar surface area (TPSA) is 108 Å². The van der Waals surface area contributed by atoms with E-state index < -0.39 is 24.3 Å². The molecule has 5 rings (SSSR count). The van der Waals surface area contributed by atoms with Crippen LogP contribution in [-0.4, -0.2) is 39.9 Å². The standard InChI is InChI=1S/C28H23ClF3N3O4S.ClH/c29-18-7-8-19(20(11-18)17-2-1-9-38-12-17)25(28(30,31)32)39-26-24-23(34-14-35-26)21(13-40-24)16-5-3-15(4-6-16)10-22(33)27(36)37;/h3-8,11-14,22,25H,1-2,9-10,33H2,(H,36,37);1H/t22?,25-;/m1./s1. The normalized spacial score (nSPS) is 14.9. The van der Waals surface area contributed by atoms with E-state index in [1.54, 1.807) is 29.6 Å². The zero-order valence-corrected chi connectivity index (χ0v) is 23.6. The second-order valence-electron chi connectivity index (χ2n) is 9.24. The Kier molecular flexibility index (Phi) is 9.43. The number of rotatable bonds is 8. The van der Waals surface area contributed by atoms with E-state index in [4.69, 9.17) is 31.9 Å². The molecule has 1 unspecified atom stereocenters. The molecule has 2 aromatic carbocycles. The van der Waals surface area contributed by atoms with E-state index in [9.17, 15) is 18.0 Å². The van der Waals surface area contributed by atoms with Crippen molar-refractivity contribution in [1.29, 1.82) is 0 Å². The number of benzene rings is 2. The number of nitrogens with zero attached hydrogens (tertiary/aromatic N) is 2. The molecule has 4 aromatic rings. The highest BCUT2D eigenvalue weighted by Crippen LogP contribution is 2.44. The Balaban J connectivity index is 0.00000387. The maximum Gasteiger partial charge on any atom is 0.429 e. The molecule has 2 aromatic heterocycles. The molecule has 0 saturated heterocycles. The summed E-state index contributed by atoms with van der Waals surface area (Å²) in [4.78, 5) is 19.4. The summed E-state index contributed by atoms with van der Waals surface area (Å²) in [5, 5.41) is 11.1. The lowest BCUT2D eigenvalue weighted by molar-refractivity contribution is -0.198. The van der Waals surface area contributed by atoms with Gasteiger partial charge in [0.2, 0.25) is 12.0 Å². The first-order valence-corrected chi connectivity index (χ1v) is 13.5. The molecule has 2 atom stereocenters. The maximum absolute atomic E-state index is 14.5. The number of hydrogen-bond donors (Lipinski definition) is 2. The SMILES string of the molecule is Cl.NC(Cc1ccc(-c2csc3c(O[C@H](c4ccc(Cl)cc4C4=COCCC4)C(F)(F)F)ncnc23)cc1)C(=O)O. The van der Waals surface area contributed by atoms with Gasteiger partial charge >= 0.3 is 12.1 Å². The molecule has 0 aliphatic carbocycles. The number of aliphatic carboxylic acids is 1. The molecule has 216 valence electrons. The van der Waals surface area contributed by atoms with Gasteiger partial charge in [-0.3, -0.25) is 4.79 Å². The fourth-order valence-corrected chi connectivity index (χ4v) is 5.63. The maximum atomic E-state index is 14.5. The summed E-state index contributed by atoms with van der Waals surface area (Å²) >= 11 is 7.33. The lowest BCUT2D eigenvalue weighted by Gasteiger charge is -2.25. The van der Waals surface area contributed by atoms with Crippen LogP contribution in [0.3, 0.4) is 0 Å². The van der Waals surface area contributed by atoms with Gasteiger partial charge in [0, 0.05) is 21.5 Å². The number of thiophene rings is 1. The average Bonchev–Trinajstić information content (AvgIpc) is 3.37. The molecule has 3 heterocycles. The van der Waals surface area contributed by atoms with Crippen LogP contribution in [-0.2, 0) is 16.0 Å². The Bertz CT molecular complexity index is 1580. The molecule has 0 saturated carbocycles. The number of carboxylic acids is 1. The predicted octanol–water partition coefficient (Wildman–Crippen LogP) is 7.22. The predicted molar refractivity (Wildman–Crippen MR) is 153 cm³/mol. The minimum absolute atomic E-state index is 0. The first kappa shape index (κ1) is 30.6. The van der Waals surface area contributed by atoms with Crippen LogP contribution in [0.25, 0.3) is 26.9 Å². The number of alkyl halides is 3. The van der Waals surface area contributed by atoms with Gasteiger partial charge in [0.15, 0.2) is 0 Å². The molecule has 0 fully saturated rings. The molecule has 0 radical (unpaired) electrons. The Labute approximate surface area is 248 Å². The number of nitrogens with two attached hydrogens (primary N) is 1. The van der Waals surface area contributed by atoms with Crippen molar-refractivity contribution in [3.63, 3.8) is 0 Å². The first-order valence-electron chi connectivity index (χ1n) is 12.3. The van der Waals surface area contributed by atoms with Crippen molar-refractivity contribution in [2.75, 3.05) is 6.61 Å². The molecule has 1 aliphatic heterocycles. The van der Waals surface area contributed by atoms with E-state index in [0.717, 1.165) is 11.1 Å². The number of halogens is 5. The van der Waals surface area contributed by atoms with Crippen LogP contribution < -0.4 is 10.5 Å². The van der Waals surface area contributed by atoms with Crippen molar-refractivity contribution >= 4 is 57.1 Å². The Morgan fingerprint density at radius 1 is 1.17 bits per heavy atom. The van der Waals surface area contributed by atoms with Crippen LogP contribution in [0.2, 0.25) is 5.02 Å². The zero-order valence-electron chi connectivity index (χ0n) is 21.2. The minimum atomic E-state index is -4.76. The fraction of sp³-hybridized carbons (Fsp3) is 0.250. The Morgan fingerprint density at radius 2 is 1.93 bits per heavy atom. The highest BCUT2D eigenvalue weighted by atomic mass is 35.5. The summed E-state index contributed by atoms with van der Waals surface area (Å²) < 4.78 is 54.9. The number of allylic oxidation sites excluding steroid dienone is 1. The van der Waals surface area contributed by atoms with E-state index in [1.165, 1.54) is 42.1 Å². The molecule has 0 bridgehead atoms. The van der Waals surface area contributed by atoms with E-state index in [2.05, 4.69) is 9.97 Å². The van der Waals surface area contributed by atoms with E-state index in [0.29, 0.717) is 51.4 Å². The highest BCUT2D eigenvalue weighted by Gasteiger charge is 2.45. The van der Waals surface area contributed by atoms with Gasteiger partial charge in [-0.1, -0.05) is 41.9 Å². The molecular weight excluding hydrogens is 602 g/mol. The number of fused-ring (bicyclic) bond motifs is 1. The van der Waals surface area contributed by atoms with Crippen LogP contribution in [0.5, 0.6) is 5.88 Å². The Morgan fingerprint density at radius 3 is 2.59 bits per heavy atom. The summed E-state index contributed by atoms with van der Waals surface area (Å²) in [7, 11) is 0. The van der Waals surface area contributed by atoms with Gasteiger partial charge < -0.3 is 20.3 Å². The lowest BCUT2D eigenvalue weighted by atomic mass is 9.93. The second kappa shape index (κ2) is 12.6. The number of hydrogen-bond acceptors (Lipinski definition) is 7.